The Kier molecular flexibility index (Phi) is 10.4. The summed E-state index contributed by atoms with van der Waals surface area (Å²) < 4.78 is 0. The van der Waals surface area contributed by atoms with Gasteiger partial charge < -0.3 is 16.4 Å². The topological polar surface area (TPSA) is 96.6 Å². The van der Waals surface area contributed by atoms with Crippen molar-refractivity contribution in [2.75, 3.05) is 7.05 Å². The Bertz CT molecular complexity index is 873. The highest BCUT2D eigenvalue weighted by molar-refractivity contribution is 6.30. The van der Waals surface area contributed by atoms with Gasteiger partial charge in [-0.25, -0.2) is 0 Å². The number of amides is 2. The van der Waals surface area contributed by atoms with Gasteiger partial charge in [-0.3, -0.25) is 14.6 Å². The van der Waals surface area contributed by atoms with Gasteiger partial charge in [0.2, 0.25) is 5.91 Å². The van der Waals surface area contributed by atoms with E-state index in [1.165, 1.54) is 6.42 Å². The Labute approximate surface area is 203 Å². The van der Waals surface area contributed by atoms with Gasteiger partial charge in [-0.1, -0.05) is 57.3 Å². The first kappa shape index (κ1) is 26.9. The van der Waals surface area contributed by atoms with Crippen molar-refractivity contribution in [2.24, 2.45) is 16.1 Å². The Morgan fingerprint density at radius 1 is 1.27 bits per heavy atom. The van der Waals surface area contributed by atoms with Crippen LogP contribution >= 0.6 is 11.6 Å². The average molecular weight is 475 g/mol. The lowest BCUT2D eigenvalue weighted by molar-refractivity contribution is -0.119. The molecule has 2 fully saturated rings. The number of allylic oxidation sites excluding steroid dienone is 1. The molecule has 1 saturated heterocycles. The molecule has 1 aliphatic carbocycles. The molecule has 6 nitrogen and oxygen atoms in total. The maximum Gasteiger partial charge on any atom is 0.267 e. The molecule has 33 heavy (non-hydrogen) atoms. The molecule has 2 amide bonds. The number of rotatable bonds is 8. The first-order valence-electron chi connectivity index (χ1n) is 12.0. The molecule has 1 saturated carbocycles. The molecule has 0 aromatic heterocycles. The summed E-state index contributed by atoms with van der Waals surface area (Å²) in [6, 6.07) is 7.88. The van der Waals surface area contributed by atoms with Crippen LogP contribution in [0.2, 0.25) is 5.02 Å². The van der Waals surface area contributed by atoms with Gasteiger partial charge in [-0.2, -0.15) is 0 Å². The highest BCUT2D eigenvalue weighted by Gasteiger charge is 2.39. The summed E-state index contributed by atoms with van der Waals surface area (Å²) in [7, 11) is 1.80. The van der Waals surface area contributed by atoms with E-state index in [4.69, 9.17) is 17.3 Å². The average Bonchev–Trinajstić information content (AvgIpc) is 3.22. The van der Waals surface area contributed by atoms with Crippen LogP contribution in [-0.4, -0.2) is 30.6 Å². The maximum absolute atomic E-state index is 12.6. The summed E-state index contributed by atoms with van der Waals surface area (Å²) in [5, 5.41) is 6.45. The summed E-state index contributed by atoms with van der Waals surface area (Å²) >= 11 is 5.89. The van der Waals surface area contributed by atoms with Crippen molar-refractivity contribution in [3.63, 3.8) is 0 Å². The van der Waals surface area contributed by atoms with Gasteiger partial charge in [-0.15, -0.1) is 0 Å². The molecule has 1 atom stereocenters. The van der Waals surface area contributed by atoms with Crippen molar-refractivity contribution < 1.29 is 9.59 Å². The summed E-state index contributed by atoms with van der Waals surface area (Å²) in [6.45, 7) is 6.82. The van der Waals surface area contributed by atoms with E-state index in [-0.39, 0.29) is 17.2 Å². The van der Waals surface area contributed by atoms with Gasteiger partial charge in [0.05, 0.1) is 0 Å². The standard InChI is InChI=1S/C20H28ClN3O.C6H11NO/c1-4-6-16(18(23-3)20(2)11-5-12-20)17(22)19(25)24-13-14-7-9-15(21)10-8-14;1-2-5-3-4-6(8)7-5/h7-10H,4-6,11-13,22H2,1-3H3,(H,24,25);5H,2-4H2,1H3,(H,7,8)/b17-16-,23-18?;. The predicted octanol–water partition coefficient (Wildman–Crippen LogP) is 4.91. The van der Waals surface area contributed by atoms with Crippen LogP contribution in [-0.2, 0) is 16.1 Å². The van der Waals surface area contributed by atoms with E-state index >= 15 is 0 Å². The lowest BCUT2D eigenvalue weighted by atomic mass is 9.65. The highest BCUT2D eigenvalue weighted by Crippen LogP contribution is 2.44. The quantitative estimate of drug-likeness (QED) is 0.369. The van der Waals surface area contributed by atoms with E-state index in [0.717, 1.165) is 61.8 Å². The molecule has 1 aromatic carbocycles. The number of carbonyl (C=O) groups excluding carboxylic acids is 2. The number of aliphatic imine (C=N–C) groups is 1. The predicted molar refractivity (Wildman–Crippen MR) is 136 cm³/mol. The van der Waals surface area contributed by atoms with Crippen LogP contribution in [0, 0.1) is 5.41 Å². The van der Waals surface area contributed by atoms with E-state index in [2.05, 4.69) is 36.4 Å². The minimum Gasteiger partial charge on any atom is -0.394 e. The van der Waals surface area contributed by atoms with Gasteiger partial charge in [-0.05, 0) is 49.8 Å². The van der Waals surface area contributed by atoms with Crippen LogP contribution in [0.3, 0.4) is 0 Å². The molecular formula is C26H39ClN4O2. The van der Waals surface area contributed by atoms with Crippen LogP contribution < -0.4 is 16.4 Å². The summed E-state index contributed by atoms with van der Waals surface area (Å²) in [6.07, 6.45) is 7.95. The van der Waals surface area contributed by atoms with Gasteiger partial charge in [0.25, 0.3) is 5.91 Å². The molecule has 0 radical (unpaired) electrons. The Morgan fingerprint density at radius 2 is 1.94 bits per heavy atom. The number of halogens is 1. The van der Waals surface area contributed by atoms with E-state index in [9.17, 15) is 9.59 Å². The first-order chi connectivity index (χ1) is 15.7. The fraction of sp³-hybridized carbons (Fsp3) is 0.577. The van der Waals surface area contributed by atoms with Crippen molar-refractivity contribution in [3.05, 3.63) is 46.1 Å². The largest absolute Gasteiger partial charge is 0.394 e. The lowest BCUT2D eigenvalue weighted by Crippen LogP contribution is -2.39. The molecule has 0 bridgehead atoms. The fourth-order valence-electron chi connectivity index (χ4n) is 4.34. The molecule has 1 heterocycles. The smallest absolute Gasteiger partial charge is 0.267 e. The number of nitrogens with two attached hydrogens (primary N) is 1. The zero-order chi connectivity index (χ0) is 24.4. The third kappa shape index (κ3) is 7.60. The van der Waals surface area contributed by atoms with Gasteiger partial charge in [0.15, 0.2) is 0 Å². The minimum absolute atomic E-state index is 0.0559. The van der Waals surface area contributed by atoms with Gasteiger partial charge in [0, 0.05) is 47.8 Å². The molecule has 1 aliphatic heterocycles. The van der Waals surface area contributed by atoms with Gasteiger partial charge >= 0.3 is 0 Å². The van der Waals surface area contributed by atoms with Crippen LogP contribution in [0.1, 0.15) is 77.7 Å². The number of nitrogens with one attached hydrogen (secondary N) is 2. The molecule has 1 aromatic rings. The summed E-state index contributed by atoms with van der Waals surface area (Å²) in [5.74, 6) is -0.0145. The summed E-state index contributed by atoms with van der Waals surface area (Å²) in [4.78, 5) is 27.6. The third-order valence-electron chi connectivity index (χ3n) is 6.55. The van der Waals surface area contributed by atoms with E-state index in [0.29, 0.717) is 23.3 Å². The zero-order valence-corrected chi connectivity index (χ0v) is 21.2. The second kappa shape index (κ2) is 12.8. The normalized spacial score (nSPS) is 20.1. The molecule has 2 aliphatic rings. The second-order valence-electron chi connectivity index (χ2n) is 9.15. The number of benzene rings is 1. The van der Waals surface area contributed by atoms with Gasteiger partial charge in [0.1, 0.15) is 5.70 Å². The van der Waals surface area contributed by atoms with E-state index in [1.54, 1.807) is 7.05 Å². The maximum atomic E-state index is 12.6. The molecule has 4 N–H and O–H groups in total. The van der Waals surface area contributed by atoms with Crippen molar-refractivity contribution in [1.29, 1.82) is 0 Å². The third-order valence-corrected chi connectivity index (χ3v) is 6.80. The molecule has 182 valence electrons. The zero-order valence-electron chi connectivity index (χ0n) is 20.5. The Balaban J connectivity index is 0.000000405. The lowest BCUT2D eigenvalue weighted by Gasteiger charge is -2.40. The van der Waals surface area contributed by atoms with Crippen LogP contribution in [0.25, 0.3) is 0 Å². The van der Waals surface area contributed by atoms with E-state index in [1.807, 2.05) is 24.3 Å². The molecular weight excluding hydrogens is 436 g/mol. The Hall–Kier alpha value is -2.34. The first-order valence-corrected chi connectivity index (χ1v) is 12.4. The van der Waals surface area contributed by atoms with Crippen molar-refractivity contribution in [1.82, 2.24) is 10.6 Å². The summed E-state index contributed by atoms with van der Waals surface area (Å²) in [5.41, 5.74) is 9.49. The van der Waals surface area contributed by atoms with Crippen molar-refractivity contribution in [2.45, 2.75) is 84.7 Å². The fourth-order valence-corrected chi connectivity index (χ4v) is 4.47. The number of carbonyl (C=O) groups is 2. The van der Waals surface area contributed by atoms with Crippen LogP contribution in [0.5, 0.6) is 0 Å². The molecule has 7 heteroatoms. The molecule has 3 rings (SSSR count). The van der Waals surface area contributed by atoms with Crippen molar-refractivity contribution in [3.8, 4) is 0 Å². The SMILES string of the molecule is CCC/C(C(=NC)C1(C)CCC1)=C(/N)C(=O)NCc1ccc(Cl)cc1.CCC1CCC(=O)N1. The number of hydrogen-bond donors (Lipinski definition) is 3. The Morgan fingerprint density at radius 3 is 2.36 bits per heavy atom. The van der Waals surface area contributed by atoms with E-state index < -0.39 is 0 Å². The van der Waals surface area contributed by atoms with Crippen molar-refractivity contribution >= 4 is 29.1 Å². The second-order valence-corrected chi connectivity index (χ2v) is 9.59. The minimum atomic E-state index is -0.234. The molecule has 0 spiro atoms. The number of hydrogen-bond acceptors (Lipinski definition) is 4. The molecule has 1 unspecified atom stereocenters. The number of nitrogens with zero attached hydrogens (tertiary/aromatic N) is 1. The monoisotopic (exact) mass is 474 g/mol. The van der Waals surface area contributed by atoms with Crippen LogP contribution in [0.15, 0.2) is 40.5 Å². The van der Waals surface area contributed by atoms with Crippen LogP contribution in [0.4, 0.5) is 0 Å². The highest BCUT2D eigenvalue weighted by atomic mass is 35.5.